The molecule has 4 rings (SSSR count). The third-order valence-corrected chi connectivity index (χ3v) is 4.83. The molecule has 0 aliphatic carbocycles. The summed E-state index contributed by atoms with van der Waals surface area (Å²) >= 11 is 0. The van der Waals surface area contributed by atoms with Crippen molar-refractivity contribution in [2.24, 2.45) is 0 Å². The number of hydrogen-bond donors (Lipinski definition) is 0. The molecule has 1 aromatic carbocycles. The van der Waals surface area contributed by atoms with Gasteiger partial charge in [-0.15, -0.1) is 10.2 Å². The highest BCUT2D eigenvalue weighted by atomic mass is 19.4. The summed E-state index contributed by atoms with van der Waals surface area (Å²) in [6.45, 7) is 0.956. The molecule has 0 amide bonds. The van der Waals surface area contributed by atoms with Crippen LogP contribution in [0.25, 0.3) is 12.2 Å². The summed E-state index contributed by atoms with van der Waals surface area (Å²) < 4.78 is 50.6. The highest BCUT2D eigenvalue weighted by molar-refractivity contribution is 5.66. The molecule has 0 atom stereocenters. The molecule has 0 aliphatic heterocycles. The lowest BCUT2D eigenvalue weighted by Gasteiger charge is -2.05. The molecule has 0 unspecified atom stereocenters. The van der Waals surface area contributed by atoms with Gasteiger partial charge in [-0.1, -0.05) is 17.3 Å². The molecule has 4 aromatic rings. The maximum absolute atomic E-state index is 12.6. The Morgan fingerprint density at radius 3 is 2.53 bits per heavy atom. The minimum atomic E-state index is -4.36. The van der Waals surface area contributed by atoms with Crippen molar-refractivity contribution in [1.29, 1.82) is 0 Å². The summed E-state index contributed by atoms with van der Waals surface area (Å²) in [7, 11) is 0. The fraction of sp³-hybridized carbons (Fsp3) is 0.261. The summed E-state index contributed by atoms with van der Waals surface area (Å²) in [6.07, 6.45) is 6.49. The van der Waals surface area contributed by atoms with Gasteiger partial charge in [0, 0.05) is 24.9 Å². The number of unbranched alkanes of at least 4 members (excludes halogenated alkanes) is 1. The zero-order valence-corrected chi connectivity index (χ0v) is 18.0. The topological polar surface area (TPSA) is 91.8 Å². The second kappa shape index (κ2) is 10.7. The largest absolute Gasteiger partial charge is 0.470 e. The van der Waals surface area contributed by atoms with E-state index in [1.165, 1.54) is 18.4 Å². The van der Waals surface area contributed by atoms with Crippen molar-refractivity contribution in [3.05, 3.63) is 83.5 Å². The smallest absolute Gasteiger partial charge is 0.416 e. The van der Waals surface area contributed by atoms with E-state index >= 15 is 0 Å². The molecule has 8 nitrogen and oxygen atoms in total. The normalized spacial score (nSPS) is 11.9. The van der Waals surface area contributed by atoms with Crippen LogP contribution in [0.5, 0.6) is 5.88 Å². The Kier molecular flexibility index (Phi) is 7.31. The van der Waals surface area contributed by atoms with Crippen LogP contribution in [0, 0.1) is 0 Å². The molecule has 0 saturated heterocycles. The van der Waals surface area contributed by atoms with Crippen LogP contribution in [0.15, 0.2) is 59.5 Å². The van der Waals surface area contributed by atoms with E-state index in [1.54, 1.807) is 29.1 Å². The average molecular weight is 470 g/mol. The minimum absolute atomic E-state index is 0.142. The molecule has 0 radical (unpaired) electrons. The number of aromatic nitrogens is 6. The number of benzene rings is 1. The maximum atomic E-state index is 12.6. The van der Waals surface area contributed by atoms with Crippen LogP contribution in [-0.4, -0.2) is 30.2 Å². The highest BCUT2D eigenvalue weighted by Crippen LogP contribution is 2.29. The molecule has 3 heterocycles. The van der Waals surface area contributed by atoms with E-state index < -0.39 is 11.7 Å². The van der Waals surface area contributed by atoms with Gasteiger partial charge in [-0.3, -0.25) is 4.68 Å². The van der Waals surface area contributed by atoms with E-state index in [1.807, 2.05) is 12.3 Å². The Morgan fingerprint density at radius 1 is 0.971 bits per heavy atom. The first-order valence-corrected chi connectivity index (χ1v) is 10.5. The Morgan fingerprint density at radius 2 is 1.82 bits per heavy atom. The van der Waals surface area contributed by atoms with E-state index in [2.05, 4.69) is 25.5 Å². The van der Waals surface area contributed by atoms with Gasteiger partial charge in [0.1, 0.15) is 18.6 Å². The van der Waals surface area contributed by atoms with Gasteiger partial charge in [-0.25, -0.2) is 4.98 Å². The SMILES string of the molecule is FC(F)(F)c1ccc(C=Cc2nc(COc3ccc(CCCCn4ccnn4)nn3)co2)cc1. The molecular weight excluding hydrogens is 449 g/mol. The number of oxazole rings is 1. The van der Waals surface area contributed by atoms with Crippen molar-refractivity contribution in [1.82, 2.24) is 30.2 Å². The van der Waals surface area contributed by atoms with Crippen LogP contribution in [0.1, 0.15) is 41.2 Å². The van der Waals surface area contributed by atoms with E-state index in [4.69, 9.17) is 9.15 Å². The zero-order chi connectivity index (χ0) is 23.8. The molecule has 0 N–H and O–H groups in total. The molecule has 34 heavy (non-hydrogen) atoms. The molecule has 0 spiro atoms. The Balaban J connectivity index is 1.21. The zero-order valence-electron chi connectivity index (χ0n) is 18.0. The number of aryl methyl sites for hydroxylation is 2. The van der Waals surface area contributed by atoms with Crippen LogP contribution in [0.3, 0.4) is 0 Å². The number of hydrogen-bond acceptors (Lipinski definition) is 7. The molecule has 0 bridgehead atoms. The molecule has 0 fully saturated rings. The second-order valence-electron chi connectivity index (χ2n) is 7.40. The van der Waals surface area contributed by atoms with Gasteiger partial charge in [0.05, 0.1) is 17.5 Å². The number of halogens is 3. The predicted octanol–water partition coefficient (Wildman–Crippen LogP) is 4.85. The molecular formula is C23H21F3N6O2. The quantitative estimate of drug-likeness (QED) is 0.306. The Bertz CT molecular complexity index is 1190. The summed E-state index contributed by atoms with van der Waals surface area (Å²) in [4.78, 5) is 4.27. The van der Waals surface area contributed by atoms with Gasteiger partial charge in [-0.2, -0.15) is 18.3 Å². The van der Waals surface area contributed by atoms with Crippen molar-refractivity contribution in [3.63, 3.8) is 0 Å². The van der Waals surface area contributed by atoms with Crippen molar-refractivity contribution in [3.8, 4) is 5.88 Å². The minimum Gasteiger partial charge on any atom is -0.470 e. The van der Waals surface area contributed by atoms with Gasteiger partial charge < -0.3 is 9.15 Å². The van der Waals surface area contributed by atoms with Gasteiger partial charge >= 0.3 is 6.18 Å². The van der Waals surface area contributed by atoms with Crippen LogP contribution < -0.4 is 4.74 Å². The first-order chi connectivity index (χ1) is 16.5. The van der Waals surface area contributed by atoms with E-state index in [-0.39, 0.29) is 6.61 Å². The first kappa shape index (κ1) is 23.1. The van der Waals surface area contributed by atoms with Crippen LogP contribution in [0.2, 0.25) is 0 Å². The number of alkyl halides is 3. The maximum Gasteiger partial charge on any atom is 0.416 e. The van der Waals surface area contributed by atoms with Crippen molar-refractivity contribution < 1.29 is 22.3 Å². The van der Waals surface area contributed by atoms with Gasteiger partial charge in [0.15, 0.2) is 0 Å². The summed E-state index contributed by atoms with van der Waals surface area (Å²) in [6, 6.07) is 8.45. The summed E-state index contributed by atoms with van der Waals surface area (Å²) in [5.74, 6) is 0.682. The van der Waals surface area contributed by atoms with Crippen molar-refractivity contribution >= 4 is 12.2 Å². The summed E-state index contributed by atoms with van der Waals surface area (Å²) in [5, 5.41) is 16.0. The molecule has 3 aromatic heterocycles. The fourth-order valence-corrected chi connectivity index (χ4v) is 3.05. The predicted molar refractivity (Wildman–Crippen MR) is 116 cm³/mol. The van der Waals surface area contributed by atoms with Crippen LogP contribution in [-0.2, 0) is 25.7 Å². The van der Waals surface area contributed by atoms with Crippen LogP contribution >= 0.6 is 0 Å². The van der Waals surface area contributed by atoms with E-state index in [0.717, 1.165) is 43.6 Å². The fourth-order valence-electron chi connectivity index (χ4n) is 3.05. The lowest BCUT2D eigenvalue weighted by atomic mass is 10.1. The van der Waals surface area contributed by atoms with E-state index in [9.17, 15) is 13.2 Å². The molecule has 0 saturated carbocycles. The van der Waals surface area contributed by atoms with Gasteiger partial charge in [0.2, 0.25) is 11.8 Å². The average Bonchev–Trinajstić information content (AvgIpc) is 3.52. The third kappa shape index (κ3) is 6.74. The number of ether oxygens (including phenoxy) is 1. The number of nitrogens with zero attached hydrogens (tertiary/aromatic N) is 6. The first-order valence-electron chi connectivity index (χ1n) is 10.5. The standard InChI is InChI=1S/C23H21F3N6O2/c24-23(25,26)18-7-4-17(5-8-18)6-10-21-28-20(15-33-21)16-34-22-11-9-19(29-30-22)3-1-2-13-32-14-12-27-31-32/h4-12,14-15H,1-3,13,16H2. The number of rotatable bonds is 10. The molecule has 0 aliphatic rings. The Hall–Kier alpha value is -4.02. The highest BCUT2D eigenvalue weighted by Gasteiger charge is 2.29. The van der Waals surface area contributed by atoms with E-state index in [0.29, 0.717) is 23.0 Å². The van der Waals surface area contributed by atoms with Gasteiger partial charge in [0.25, 0.3) is 0 Å². The molecule has 176 valence electrons. The molecule has 11 heteroatoms. The van der Waals surface area contributed by atoms with Crippen molar-refractivity contribution in [2.45, 2.75) is 38.6 Å². The monoisotopic (exact) mass is 470 g/mol. The Labute approximate surface area is 193 Å². The van der Waals surface area contributed by atoms with Crippen molar-refractivity contribution in [2.75, 3.05) is 0 Å². The summed E-state index contributed by atoms with van der Waals surface area (Å²) in [5.41, 5.74) is 1.33. The third-order valence-electron chi connectivity index (χ3n) is 4.83. The van der Waals surface area contributed by atoms with Crippen LogP contribution in [0.4, 0.5) is 13.2 Å². The second-order valence-corrected chi connectivity index (χ2v) is 7.40. The lowest BCUT2D eigenvalue weighted by Crippen LogP contribution is -2.03. The lowest BCUT2D eigenvalue weighted by molar-refractivity contribution is -0.137. The van der Waals surface area contributed by atoms with Gasteiger partial charge in [-0.05, 0) is 49.1 Å².